The van der Waals surface area contributed by atoms with Crippen LogP contribution in [0.5, 0.6) is 5.75 Å². The van der Waals surface area contributed by atoms with E-state index >= 15 is 0 Å². The van der Waals surface area contributed by atoms with Crippen molar-refractivity contribution in [2.24, 2.45) is 0 Å². The maximum atomic E-state index is 14.0. The van der Waals surface area contributed by atoms with E-state index in [4.69, 9.17) is 4.74 Å². The zero-order valence-corrected chi connectivity index (χ0v) is 10.9. The van der Waals surface area contributed by atoms with Gasteiger partial charge in [0.05, 0.1) is 12.7 Å². The fraction of sp³-hybridized carbons (Fsp3) is 0.571. The summed E-state index contributed by atoms with van der Waals surface area (Å²) in [5.74, 6) is -0.162. The van der Waals surface area contributed by atoms with Crippen LogP contribution in [-0.2, 0) is 6.42 Å². The molecule has 100 valence electrons. The maximum Gasteiger partial charge on any atom is 0.168 e. The number of benzene rings is 1. The van der Waals surface area contributed by atoms with Crippen molar-refractivity contribution in [3.63, 3.8) is 0 Å². The van der Waals surface area contributed by atoms with Crippen molar-refractivity contribution in [3.05, 3.63) is 29.6 Å². The van der Waals surface area contributed by atoms with Crippen molar-refractivity contribution in [2.75, 3.05) is 13.7 Å². The molecule has 0 amide bonds. The second kappa shape index (κ2) is 5.24. The lowest BCUT2D eigenvalue weighted by Crippen LogP contribution is -2.40. The lowest BCUT2D eigenvalue weighted by molar-refractivity contribution is 0.0588. The zero-order chi connectivity index (χ0) is 13.2. The molecule has 0 saturated heterocycles. The van der Waals surface area contributed by atoms with E-state index in [9.17, 15) is 9.50 Å². The van der Waals surface area contributed by atoms with Gasteiger partial charge in [-0.2, -0.15) is 0 Å². The van der Waals surface area contributed by atoms with Crippen LogP contribution in [-0.4, -0.2) is 30.4 Å². The molecule has 1 aromatic carbocycles. The first-order chi connectivity index (χ1) is 8.52. The number of aliphatic hydroxyl groups is 1. The van der Waals surface area contributed by atoms with Gasteiger partial charge in [-0.3, -0.25) is 0 Å². The van der Waals surface area contributed by atoms with Crippen LogP contribution in [0, 0.1) is 5.82 Å². The highest BCUT2D eigenvalue weighted by Gasteiger charge is 2.27. The van der Waals surface area contributed by atoms with Crippen LogP contribution in [0.15, 0.2) is 18.2 Å². The van der Waals surface area contributed by atoms with Crippen molar-refractivity contribution in [1.82, 2.24) is 5.32 Å². The molecule has 1 atom stereocenters. The summed E-state index contributed by atoms with van der Waals surface area (Å²) >= 11 is 0. The summed E-state index contributed by atoms with van der Waals surface area (Å²) in [5, 5.41) is 13.5. The number of ether oxygens (including phenoxy) is 1. The number of halogens is 1. The van der Waals surface area contributed by atoms with Crippen LogP contribution in [0.4, 0.5) is 4.39 Å². The highest BCUT2D eigenvalue weighted by molar-refractivity contribution is 5.31. The van der Waals surface area contributed by atoms with E-state index in [1.807, 2.05) is 0 Å². The van der Waals surface area contributed by atoms with Crippen molar-refractivity contribution >= 4 is 0 Å². The Bertz CT molecular complexity index is 416. The molecule has 0 radical (unpaired) electrons. The van der Waals surface area contributed by atoms with E-state index in [0.29, 0.717) is 18.2 Å². The van der Waals surface area contributed by atoms with Gasteiger partial charge in [0, 0.05) is 19.0 Å². The second-order valence-electron chi connectivity index (χ2n) is 5.26. The monoisotopic (exact) mass is 253 g/mol. The number of hydrogen-bond donors (Lipinski definition) is 2. The second-order valence-corrected chi connectivity index (χ2v) is 5.26. The summed E-state index contributed by atoms with van der Waals surface area (Å²) in [5.41, 5.74) is -0.465. The molecule has 1 aromatic rings. The third kappa shape index (κ3) is 3.43. The van der Waals surface area contributed by atoms with E-state index in [-0.39, 0.29) is 18.0 Å². The van der Waals surface area contributed by atoms with E-state index in [1.54, 1.807) is 25.1 Å². The molecule has 1 saturated carbocycles. The Hall–Kier alpha value is -1.13. The molecule has 2 rings (SSSR count). The molecule has 0 spiro atoms. The van der Waals surface area contributed by atoms with Crippen molar-refractivity contribution in [1.29, 1.82) is 0 Å². The lowest BCUT2D eigenvalue weighted by atomic mass is 9.96. The van der Waals surface area contributed by atoms with Gasteiger partial charge in [-0.25, -0.2) is 4.39 Å². The molecule has 0 bridgehead atoms. The van der Waals surface area contributed by atoms with Gasteiger partial charge in [-0.05, 0) is 31.4 Å². The molecule has 3 nitrogen and oxygen atoms in total. The molecule has 0 aromatic heterocycles. The fourth-order valence-electron chi connectivity index (χ4n) is 1.97. The van der Waals surface area contributed by atoms with Crippen LogP contribution in [0.2, 0.25) is 0 Å². The minimum absolute atomic E-state index is 0.221. The minimum Gasteiger partial charge on any atom is -0.494 e. The minimum atomic E-state index is -0.949. The van der Waals surface area contributed by atoms with Gasteiger partial charge in [0.2, 0.25) is 0 Å². The Labute approximate surface area is 107 Å². The summed E-state index contributed by atoms with van der Waals surface area (Å²) in [6.07, 6.45) is 2.61. The normalized spacial score (nSPS) is 18.4. The van der Waals surface area contributed by atoms with Crippen LogP contribution in [0.1, 0.15) is 25.3 Å². The van der Waals surface area contributed by atoms with Gasteiger partial charge in [0.25, 0.3) is 0 Å². The topological polar surface area (TPSA) is 41.5 Å². The van der Waals surface area contributed by atoms with E-state index in [0.717, 1.165) is 0 Å². The third-order valence-electron chi connectivity index (χ3n) is 3.18. The molecule has 0 aliphatic heterocycles. The summed E-state index contributed by atoms with van der Waals surface area (Å²) < 4.78 is 18.9. The molecule has 1 fully saturated rings. The van der Waals surface area contributed by atoms with Crippen molar-refractivity contribution in [2.45, 2.75) is 37.8 Å². The Morgan fingerprint density at radius 3 is 2.83 bits per heavy atom. The van der Waals surface area contributed by atoms with Crippen molar-refractivity contribution in [3.8, 4) is 5.75 Å². The smallest absolute Gasteiger partial charge is 0.168 e. The van der Waals surface area contributed by atoms with Crippen LogP contribution < -0.4 is 10.1 Å². The molecule has 4 heteroatoms. The molecule has 1 unspecified atom stereocenters. The first kappa shape index (κ1) is 13.3. The first-order valence-corrected chi connectivity index (χ1v) is 6.29. The van der Waals surface area contributed by atoms with E-state index in [1.165, 1.54) is 20.0 Å². The summed E-state index contributed by atoms with van der Waals surface area (Å²) in [7, 11) is 1.44. The average Bonchev–Trinajstić information content (AvgIpc) is 3.13. The van der Waals surface area contributed by atoms with Gasteiger partial charge < -0.3 is 15.2 Å². The molecule has 18 heavy (non-hydrogen) atoms. The van der Waals surface area contributed by atoms with E-state index < -0.39 is 5.60 Å². The van der Waals surface area contributed by atoms with E-state index in [2.05, 4.69) is 5.32 Å². The Balaban J connectivity index is 2.02. The van der Waals surface area contributed by atoms with Gasteiger partial charge in [-0.1, -0.05) is 12.1 Å². The average molecular weight is 253 g/mol. The third-order valence-corrected chi connectivity index (χ3v) is 3.18. The summed E-state index contributed by atoms with van der Waals surface area (Å²) in [6, 6.07) is 5.53. The summed E-state index contributed by atoms with van der Waals surface area (Å²) in [4.78, 5) is 0. The Morgan fingerprint density at radius 2 is 2.22 bits per heavy atom. The SMILES string of the molecule is COc1cccc(CC(C)(O)CNC2CC2)c1F. The Morgan fingerprint density at radius 1 is 1.50 bits per heavy atom. The molecule has 2 N–H and O–H groups in total. The molecule has 1 aliphatic carbocycles. The lowest BCUT2D eigenvalue weighted by Gasteiger charge is -2.24. The van der Waals surface area contributed by atoms with Crippen LogP contribution in [0.25, 0.3) is 0 Å². The molecule has 0 heterocycles. The predicted octanol–water partition coefficient (Wildman–Crippen LogP) is 1.88. The first-order valence-electron chi connectivity index (χ1n) is 6.29. The number of nitrogens with one attached hydrogen (secondary N) is 1. The summed E-state index contributed by atoms with van der Waals surface area (Å²) in [6.45, 7) is 2.20. The molecule has 1 aliphatic rings. The van der Waals surface area contributed by atoms with Crippen LogP contribution in [0.3, 0.4) is 0 Å². The Kier molecular flexibility index (Phi) is 3.88. The van der Waals surface area contributed by atoms with Gasteiger partial charge in [-0.15, -0.1) is 0 Å². The number of methoxy groups -OCH3 is 1. The zero-order valence-electron chi connectivity index (χ0n) is 10.9. The fourth-order valence-corrected chi connectivity index (χ4v) is 1.97. The van der Waals surface area contributed by atoms with Gasteiger partial charge >= 0.3 is 0 Å². The molecular formula is C14H20FNO2. The maximum absolute atomic E-state index is 14.0. The standard InChI is InChI=1S/C14H20FNO2/c1-14(17,9-16-11-6-7-11)8-10-4-3-5-12(18-2)13(10)15/h3-5,11,16-17H,6-9H2,1-2H3. The molecular weight excluding hydrogens is 233 g/mol. The largest absolute Gasteiger partial charge is 0.494 e. The number of hydrogen-bond acceptors (Lipinski definition) is 3. The highest BCUT2D eigenvalue weighted by Crippen LogP contribution is 2.24. The predicted molar refractivity (Wildman–Crippen MR) is 68.3 cm³/mol. The van der Waals surface area contributed by atoms with Gasteiger partial charge in [0.1, 0.15) is 0 Å². The van der Waals surface area contributed by atoms with Gasteiger partial charge in [0.15, 0.2) is 11.6 Å². The van der Waals surface area contributed by atoms with Crippen LogP contribution >= 0.6 is 0 Å². The number of rotatable bonds is 6. The highest BCUT2D eigenvalue weighted by atomic mass is 19.1. The quantitative estimate of drug-likeness (QED) is 0.813. The van der Waals surface area contributed by atoms with Crippen molar-refractivity contribution < 1.29 is 14.2 Å².